The quantitative estimate of drug-likeness (QED) is 0.642. The summed E-state index contributed by atoms with van der Waals surface area (Å²) in [6, 6.07) is 5.85. The third-order valence-corrected chi connectivity index (χ3v) is 3.55. The molecule has 0 unspecified atom stereocenters. The summed E-state index contributed by atoms with van der Waals surface area (Å²) in [7, 11) is 0. The van der Waals surface area contributed by atoms with Crippen molar-refractivity contribution in [1.29, 1.82) is 0 Å². The molecule has 6 heteroatoms. The second-order valence-electron chi connectivity index (χ2n) is 4.51. The predicted molar refractivity (Wildman–Crippen MR) is 84.6 cm³/mol. The summed E-state index contributed by atoms with van der Waals surface area (Å²) in [5, 5.41) is 4.34. The number of nitrogens with one attached hydrogen (secondary N) is 2. The number of imidazole rings is 1. The van der Waals surface area contributed by atoms with Crippen LogP contribution in [0.3, 0.4) is 0 Å². The summed E-state index contributed by atoms with van der Waals surface area (Å²) in [4.78, 5) is 11.5. The predicted octanol–water partition coefficient (Wildman–Crippen LogP) is 2.96. The maximum atomic E-state index is 6.00. The van der Waals surface area contributed by atoms with Gasteiger partial charge in [-0.05, 0) is 34.1 Å². The number of halogens is 1. The molecule has 0 aliphatic heterocycles. The zero-order valence-corrected chi connectivity index (χ0v) is 12.3. The standard InChI is InChI=1S/C14H14BrN5/c15-9-5-11-12(16)1-2-13(14(11)19-6-9)18-4-3-10-7-17-8-20-10/h1-2,5-8,18H,3-4,16H2,(H,17,20). The van der Waals surface area contributed by atoms with E-state index in [9.17, 15) is 0 Å². The average molecular weight is 332 g/mol. The van der Waals surface area contributed by atoms with Gasteiger partial charge in [0.05, 0.1) is 17.5 Å². The molecule has 0 bridgehead atoms. The van der Waals surface area contributed by atoms with Crippen molar-refractivity contribution in [2.45, 2.75) is 6.42 Å². The van der Waals surface area contributed by atoms with Crippen LogP contribution in [-0.4, -0.2) is 21.5 Å². The van der Waals surface area contributed by atoms with Crippen LogP contribution in [0, 0.1) is 0 Å². The highest BCUT2D eigenvalue weighted by Crippen LogP contribution is 2.28. The Hall–Kier alpha value is -2.08. The molecule has 0 fully saturated rings. The summed E-state index contributed by atoms with van der Waals surface area (Å²) in [5.41, 5.74) is 9.71. The molecule has 20 heavy (non-hydrogen) atoms. The van der Waals surface area contributed by atoms with Gasteiger partial charge in [0.2, 0.25) is 0 Å². The second-order valence-corrected chi connectivity index (χ2v) is 5.42. The van der Waals surface area contributed by atoms with Gasteiger partial charge in [0.25, 0.3) is 0 Å². The van der Waals surface area contributed by atoms with E-state index >= 15 is 0 Å². The third-order valence-electron chi connectivity index (χ3n) is 3.11. The number of nitrogens with zero attached hydrogens (tertiary/aromatic N) is 2. The number of nitrogens with two attached hydrogens (primary N) is 1. The summed E-state index contributed by atoms with van der Waals surface area (Å²) < 4.78 is 0.923. The van der Waals surface area contributed by atoms with Crippen LogP contribution in [0.1, 0.15) is 5.69 Å². The number of aromatic nitrogens is 3. The molecule has 102 valence electrons. The van der Waals surface area contributed by atoms with Crippen molar-refractivity contribution in [3.05, 3.63) is 47.1 Å². The Morgan fingerprint density at radius 1 is 1.30 bits per heavy atom. The van der Waals surface area contributed by atoms with Crippen molar-refractivity contribution < 1.29 is 0 Å². The summed E-state index contributed by atoms with van der Waals surface area (Å²) >= 11 is 3.42. The van der Waals surface area contributed by atoms with Crippen molar-refractivity contribution in [3.63, 3.8) is 0 Å². The van der Waals surface area contributed by atoms with Crippen LogP contribution >= 0.6 is 15.9 Å². The van der Waals surface area contributed by atoms with Gasteiger partial charge < -0.3 is 16.0 Å². The van der Waals surface area contributed by atoms with E-state index in [2.05, 4.69) is 36.2 Å². The van der Waals surface area contributed by atoms with E-state index in [0.717, 1.165) is 45.4 Å². The molecule has 1 aromatic carbocycles. The third kappa shape index (κ3) is 2.60. The Balaban J connectivity index is 1.82. The molecular formula is C14H14BrN5. The van der Waals surface area contributed by atoms with Gasteiger partial charge >= 0.3 is 0 Å². The minimum Gasteiger partial charge on any atom is -0.398 e. The molecule has 0 saturated carbocycles. The van der Waals surface area contributed by atoms with Crippen LogP contribution in [0.5, 0.6) is 0 Å². The number of nitrogen functional groups attached to an aromatic ring is 1. The first-order chi connectivity index (χ1) is 9.74. The minimum atomic E-state index is 0.730. The molecule has 2 aromatic heterocycles. The summed E-state index contributed by atoms with van der Waals surface area (Å²) in [5.74, 6) is 0. The Morgan fingerprint density at radius 2 is 2.20 bits per heavy atom. The zero-order chi connectivity index (χ0) is 13.9. The lowest BCUT2D eigenvalue weighted by atomic mass is 10.1. The average Bonchev–Trinajstić information content (AvgIpc) is 2.95. The number of benzene rings is 1. The number of anilines is 2. The molecule has 0 spiro atoms. The molecule has 3 rings (SSSR count). The first kappa shape index (κ1) is 12.9. The van der Waals surface area contributed by atoms with Gasteiger partial charge in [0.15, 0.2) is 0 Å². The van der Waals surface area contributed by atoms with E-state index in [-0.39, 0.29) is 0 Å². The van der Waals surface area contributed by atoms with Crippen molar-refractivity contribution in [3.8, 4) is 0 Å². The molecule has 0 aliphatic rings. The molecule has 0 aliphatic carbocycles. The normalized spacial score (nSPS) is 10.8. The fraction of sp³-hybridized carbons (Fsp3) is 0.143. The SMILES string of the molecule is Nc1ccc(NCCc2cnc[nH]2)c2ncc(Br)cc12. The first-order valence-corrected chi connectivity index (χ1v) is 7.08. The smallest absolute Gasteiger partial charge is 0.0954 e. The Bertz CT molecular complexity index is 724. The number of hydrogen-bond donors (Lipinski definition) is 3. The Morgan fingerprint density at radius 3 is 3.00 bits per heavy atom. The monoisotopic (exact) mass is 331 g/mol. The number of fused-ring (bicyclic) bond motifs is 1. The van der Waals surface area contributed by atoms with Gasteiger partial charge in [-0.1, -0.05) is 0 Å². The van der Waals surface area contributed by atoms with Crippen molar-refractivity contribution >= 4 is 38.2 Å². The maximum absolute atomic E-state index is 6.00. The molecule has 0 amide bonds. The molecule has 2 heterocycles. The van der Waals surface area contributed by atoms with Gasteiger partial charge in [-0.15, -0.1) is 0 Å². The molecule has 5 nitrogen and oxygen atoms in total. The molecular weight excluding hydrogens is 318 g/mol. The molecule has 3 aromatic rings. The fourth-order valence-electron chi connectivity index (χ4n) is 2.11. The Labute approximate surface area is 124 Å². The van der Waals surface area contributed by atoms with E-state index in [4.69, 9.17) is 5.73 Å². The number of rotatable bonds is 4. The fourth-order valence-corrected chi connectivity index (χ4v) is 2.44. The molecule has 4 N–H and O–H groups in total. The van der Waals surface area contributed by atoms with E-state index in [1.807, 2.05) is 24.4 Å². The van der Waals surface area contributed by atoms with Crippen LogP contribution < -0.4 is 11.1 Å². The molecule has 0 radical (unpaired) electrons. The van der Waals surface area contributed by atoms with Crippen LogP contribution in [0.25, 0.3) is 10.9 Å². The lowest BCUT2D eigenvalue weighted by molar-refractivity contribution is 0.978. The van der Waals surface area contributed by atoms with Gasteiger partial charge in [0.1, 0.15) is 0 Å². The zero-order valence-electron chi connectivity index (χ0n) is 10.7. The summed E-state index contributed by atoms with van der Waals surface area (Å²) in [6.07, 6.45) is 6.18. The van der Waals surface area contributed by atoms with Crippen molar-refractivity contribution in [2.24, 2.45) is 0 Å². The number of aromatic amines is 1. The van der Waals surface area contributed by atoms with E-state index in [1.165, 1.54) is 0 Å². The highest BCUT2D eigenvalue weighted by atomic mass is 79.9. The maximum Gasteiger partial charge on any atom is 0.0954 e. The van der Waals surface area contributed by atoms with Crippen LogP contribution in [0.15, 0.2) is 41.4 Å². The van der Waals surface area contributed by atoms with Crippen molar-refractivity contribution in [2.75, 3.05) is 17.6 Å². The Kier molecular flexibility index (Phi) is 3.56. The minimum absolute atomic E-state index is 0.730. The first-order valence-electron chi connectivity index (χ1n) is 6.29. The van der Waals surface area contributed by atoms with Crippen molar-refractivity contribution in [1.82, 2.24) is 15.0 Å². The second kappa shape index (κ2) is 5.50. The molecule has 0 saturated heterocycles. The van der Waals surface area contributed by atoms with E-state index in [1.54, 1.807) is 12.5 Å². The lowest BCUT2D eigenvalue weighted by Crippen LogP contribution is -2.06. The lowest BCUT2D eigenvalue weighted by Gasteiger charge is -2.10. The van der Waals surface area contributed by atoms with Crippen LogP contribution in [0.2, 0.25) is 0 Å². The van der Waals surface area contributed by atoms with Crippen LogP contribution in [0.4, 0.5) is 11.4 Å². The highest BCUT2D eigenvalue weighted by Gasteiger charge is 2.06. The van der Waals surface area contributed by atoms with Gasteiger partial charge in [-0.3, -0.25) is 4.98 Å². The van der Waals surface area contributed by atoms with Gasteiger partial charge in [-0.2, -0.15) is 0 Å². The van der Waals surface area contributed by atoms with E-state index in [0.29, 0.717) is 0 Å². The largest absolute Gasteiger partial charge is 0.398 e. The highest BCUT2D eigenvalue weighted by molar-refractivity contribution is 9.10. The van der Waals surface area contributed by atoms with Gasteiger partial charge in [-0.25, -0.2) is 4.98 Å². The number of hydrogen-bond acceptors (Lipinski definition) is 4. The topological polar surface area (TPSA) is 79.6 Å². The molecule has 0 atom stereocenters. The number of H-pyrrole nitrogens is 1. The van der Waals surface area contributed by atoms with E-state index < -0.39 is 0 Å². The number of pyridine rings is 1. The summed E-state index contributed by atoms with van der Waals surface area (Å²) in [6.45, 7) is 0.805. The van der Waals surface area contributed by atoms with Crippen LogP contribution in [-0.2, 0) is 6.42 Å². The van der Waals surface area contributed by atoms with Gasteiger partial charge in [0, 0.05) is 46.6 Å².